The number of hydrogen-bond donors (Lipinski definition) is 0. The number of halogens is 1. The monoisotopic (exact) mass is 478 g/mol. The molecule has 1 heterocycles. The van der Waals surface area contributed by atoms with Crippen LogP contribution in [0.1, 0.15) is 11.1 Å². The maximum Gasteiger partial charge on any atom is 0.266 e. The van der Waals surface area contributed by atoms with Crippen molar-refractivity contribution < 1.29 is 14.3 Å². The normalized spacial score (nSPS) is 10.8. The van der Waals surface area contributed by atoms with Gasteiger partial charge in [-0.15, -0.1) is 4.68 Å². The molecule has 1 aromatic heterocycles. The molecule has 0 saturated heterocycles. The molecule has 158 valence electrons. The third kappa shape index (κ3) is 4.16. The molecule has 0 radical (unpaired) electrons. The third-order valence-electron chi connectivity index (χ3n) is 5.26. The van der Waals surface area contributed by atoms with Crippen molar-refractivity contribution >= 4 is 15.9 Å². The van der Waals surface area contributed by atoms with Crippen molar-refractivity contribution in [3.8, 4) is 34.0 Å². The van der Waals surface area contributed by atoms with Gasteiger partial charge in [0.2, 0.25) is 0 Å². The lowest BCUT2D eigenvalue weighted by Gasteiger charge is -2.10. The first-order valence-electron chi connectivity index (χ1n) is 9.88. The Morgan fingerprint density at radius 2 is 1.32 bits per heavy atom. The molecule has 4 aromatic rings. The molecule has 0 aliphatic rings. The molecule has 0 saturated carbocycles. The van der Waals surface area contributed by atoms with E-state index in [1.165, 1.54) is 5.56 Å². The summed E-state index contributed by atoms with van der Waals surface area (Å²) in [5.41, 5.74) is 5.34. The van der Waals surface area contributed by atoms with E-state index in [1.54, 1.807) is 18.9 Å². The van der Waals surface area contributed by atoms with Crippen molar-refractivity contribution in [2.75, 3.05) is 14.2 Å². The Morgan fingerprint density at radius 1 is 0.806 bits per heavy atom. The fourth-order valence-corrected chi connectivity index (χ4v) is 4.36. The Kier molecular flexibility index (Phi) is 6.00. The summed E-state index contributed by atoms with van der Waals surface area (Å²) in [7, 11) is 3.26. The lowest BCUT2D eigenvalue weighted by Crippen LogP contribution is -2.39. The molecule has 0 N–H and O–H groups in total. The van der Waals surface area contributed by atoms with E-state index < -0.39 is 0 Å². The van der Waals surface area contributed by atoms with Gasteiger partial charge in [-0.05, 0) is 64.8 Å². The smallest absolute Gasteiger partial charge is 0.266 e. The van der Waals surface area contributed by atoms with Crippen LogP contribution in [0.3, 0.4) is 0 Å². The summed E-state index contributed by atoms with van der Waals surface area (Å²) < 4.78 is 13.0. The predicted molar refractivity (Wildman–Crippen MR) is 125 cm³/mol. The molecule has 0 unspecified atom stereocenters. The van der Waals surface area contributed by atoms with Crippen molar-refractivity contribution in [1.29, 1.82) is 0 Å². The van der Waals surface area contributed by atoms with Gasteiger partial charge < -0.3 is 14.7 Å². The lowest BCUT2D eigenvalue weighted by atomic mass is 10.1. The van der Waals surface area contributed by atoms with Crippen molar-refractivity contribution in [2.24, 2.45) is 0 Å². The summed E-state index contributed by atoms with van der Waals surface area (Å²) in [6, 6.07) is 23.4. The maximum absolute atomic E-state index is 13.5. The average Bonchev–Trinajstić information content (AvgIpc) is 3.04. The number of nitrogens with zero attached hydrogens (tertiary/aromatic N) is 2. The van der Waals surface area contributed by atoms with E-state index in [0.29, 0.717) is 12.2 Å². The highest BCUT2D eigenvalue weighted by molar-refractivity contribution is 9.10. The molecule has 0 aliphatic carbocycles. The van der Waals surface area contributed by atoms with Crippen LogP contribution in [0.15, 0.2) is 77.3 Å². The number of aromatic nitrogens is 2. The van der Waals surface area contributed by atoms with Crippen LogP contribution in [0, 0.1) is 12.1 Å². The zero-order valence-electron chi connectivity index (χ0n) is 17.6. The fraction of sp³-hybridized carbons (Fsp3) is 0.160. The molecule has 5 nitrogen and oxygen atoms in total. The van der Waals surface area contributed by atoms with Crippen LogP contribution < -0.4 is 14.3 Å². The van der Waals surface area contributed by atoms with Gasteiger partial charge in [0.25, 0.3) is 5.69 Å². The molecule has 0 aliphatic heterocycles. The van der Waals surface area contributed by atoms with Gasteiger partial charge in [-0.1, -0.05) is 46.8 Å². The number of hydrogen-bond acceptors (Lipinski definition) is 3. The number of ether oxygens (including phenoxy) is 2. The molecule has 3 aromatic carbocycles. The molecule has 0 spiro atoms. The highest BCUT2D eigenvalue weighted by atomic mass is 79.9. The Balaban J connectivity index is 1.86. The van der Waals surface area contributed by atoms with E-state index in [0.717, 1.165) is 43.2 Å². The molecule has 0 amide bonds. The van der Waals surface area contributed by atoms with Gasteiger partial charge in [0.1, 0.15) is 28.2 Å². The number of methoxy groups -OCH3 is 2. The summed E-state index contributed by atoms with van der Waals surface area (Å²) in [5.74, 6) is 1.53. The summed E-state index contributed by atoms with van der Waals surface area (Å²) in [6.45, 7) is 2.47. The van der Waals surface area contributed by atoms with Crippen LogP contribution in [-0.2, 0) is 6.54 Å². The van der Waals surface area contributed by atoms with E-state index >= 15 is 0 Å². The molecule has 0 bridgehead atoms. The van der Waals surface area contributed by atoms with Crippen molar-refractivity contribution in [3.63, 3.8) is 0 Å². The van der Waals surface area contributed by atoms with Crippen LogP contribution in [0.5, 0.6) is 11.5 Å². The zero-order chi connectivity index (χ0) is 22.0. The standard InChI is InChI=1S/C25H23BrN2O3/c1-17-4-8-19(9-5-17)24-23(26)25(20-10-14-22(31-3)15-11-20)28(29)27(24)16-18-6-12-21(30-2)13-7-18/h4-15H,16H2,1-3H3. The van der Waals surface area contributed by atoms with Crippen LogP contribution in [0.2, 0.25) is 0 Å². The van der Waals surface area contributed by atoms with Gasteiger partial charge in [-0.3, -0.25) is 0 Å². The third-order valence-corrected chi connectivity index (χ3v) is 6.02. The van der Waals surface area contributed by atoms with Crippen LogP contribution in [0.25, 0.3) is 22.5 Å². The van der Waals surface area contributed by atoms with E-state index in [9.17, 15) is 5.21 Å². The second-order valence-electron chi connectivity index (χ2n) is 7.28. The topological polar surface area (TPSA) is 50.3 Å². The number of aryl methyl sites for hydroxylation is 1. The van der Waals surface area contributed by atoms with E-state index in [1.807, 2.05) is 67.6 Å². The van der Waals surface area contributed by atoms with Crippen molar-refractivity contribution in [1.82, 2.24) is 4.68 Å². The van der Waals surface area contributed by atoms with Gasteiger partial charge in [0.15, 0.2) is 0 Å². The van der Waals surface area contributed by atoms with Crippen LogP contribution >= 0.6 is 15.9 Å². The van der Waals surface area contributed by atoms with Crippen LogP contribution in [0.4, 0.5) is 0 Å². The average molecular weight is 479 g/mol. The molecule has 0 atom stereocenters. The minimum atomic E-state index is 0.422. The zero-order valence-corrected chi connectivity index (χ0v) is 19.2. The van der Waals surface area contributed by atoms with E-state index in [-0.39, 0.29) is 0 Å². The van der Waals surface area contributed by atoms with Gasteiger partial charge >= 0.3 is 0 Å². The Bertz CT molecular complexity index is 1180. The van der Waals surface area contributed by atoms with E-state index in [4.69, 9.17) is 9.47 Å². The minimum Gasteiger partial charge on any atom is -0.595 e. The lowest BCUT2D eigenvalue weighted by molar-refractivity contribution is -0.682. The number of rotatable bonds is 6. The second-order valence-corrected chi connectivity index (χ2v) is 8.08. The highest BCUT2D eigenvalue weighted by Gasteiger charge is 2.28. The highest BCUT2D eigenvalue weighted by Crippen LogP contribution is 2.36. The largest absolute Gasteiger partial charge is 0.595 e. The first-order chi connectivity index (χ1) is 15.0. The van der Waals surface area contributed by atoms with Crippen molar-refractivity contribution in [3.05, 3.63) is 93.6 Å². The van der Waals surface area contributed by atoms with Gasteiger partial charge in [0.05, 0.1) is 19.8 Å². The second kappa shape index (κ2) is 8.86. The maximum atomic E-state index is 13.5. The molecule has 31 heavy (non-hydrogen) atoms. The summed E-state index contributed by atoms with van der Waals surface area (Å²) in [6.07, 6.45) is 0. The Morgan fingerprint density at radius 3 is 1.87 bits per heavy atom. The van der Waals surface area contributed by atoms with Gasteiger partial charge in [-0.25, -0.2) is 0 Å². The summed E-state index contributed by atoms with van der Waals surface area (Å²) in [4.78, 5) is 0.964. The van der Waals surface area contributed by atoms with Gasteiger partial charge in [-0.2, -0.15) is 0 Å². The molecule has 4 rings (SSSR count). The predicted octanol–water partition coefficient (Wildman–Crippen LogP) is 5.59. The minimum absolute atomic E-state index is 0.422. The molecular weight excluding hydrogens is 456 g/mol. The SMILES string of the molecule is COc1ccc(Cn2c(-c3ccc(C)cc3)c(Br)c(-c3ccc(OC)cc3)[n+]2[O-])cc1. The quantitative estimate of drug-likeness (QED) is 0.268. The Hall–Kier alpha value is -3.25. The fourth-order valence-electron chi connectivity index (χ4n) is 3.54. The Labute approximate surface area is 190 Å². The first-order valence-corrected chi connectivity index (χ1v) is 10.7. The van der Waals surface area contributed by atoms with Gasteiger partial charge in [0, 0.05) is 5.56 Å². The first kappa shape index (κ1) is 21.0. The van der Waals surface area contributed by atoms with Crippen LogP contribution in [-0.4, -0.2) is 18.9 Å². The molecular formula is C25H23BrN2O3. The van der Waals surface area contributed by atoms with E-state index in [2.05, 4.69) is 28.1 Å². The molecule has 6 heteroatoms. The number of benzene rings is 3. The molecule has 0 fully saturated rings. The summed E-state index contributed by atoms with van der Waals surface area (Å²) >= 11 is 3.72. The van der Waals surface area contributed by atoms with Crippen molar-refractivity contribution in [2.45, 2.75) is 13.5 Å². The summed E-state index contributed by atoms with van der Waals surface area (Å²) in [5, 5.41) is 13.5.